The van der Waals surface area contributed by atoms with Gasteiger partial charge in [-0.2, -0.15) is 0 Å². The number of hydrogen-bond acceptors (Lipinski definition) is 5. The second kappa shape index (κ2) is 6.01. The smallest absolute Gasteiger partial charge is 0.272 e. The number of aromatic nitrogens is 2. The van der Waals surface area contributed by atoms with Crippen LogP contribution in [0.5, 0.6) is 11.6 Å². The summed E-state index contributed by atoms with van der Waals surface area (Å²) < 4.78 is 19.2. The predicted molar refractivity (Wildman–Crippen MR) is 74.3 cm³/mol. The molecule has 0 aliphatic carbocycles. The highest BCUT2D eigenvalue weighted by Crippen LogP contribution is 2.34. The molecule has 0 amide bonds. The van der Waals surface area contributed by atoms with E-state index in [1.54, 1.807) is 0 Å². The molecule has 1 aromatic heterocycles. The van der Waals surface area contributed by atoms with E-state index in [4.69, 9.17) is 16.3 Å². The number of rotatable bonds is 4. The predicted octanol–water partition coefficient (Wildman–Crippen LogP) is 4.09. The molecule has 1 heterocycles. The summed E-state index contributed by atoms with van der Waals surface area (Å²) in [6.45, 7) is 3.73. The van der Waals surface area contributed by atoms with Crippen molar-refractivity contribution < 1.29 is 14.1 Å². The van der Waals surface area contributed by atoms with E-state index in [2.05, 4.69) is 9.97 Å². The van der Waals surface area contributed by atoms with Gasteiger partial charge in [-0.1, -0.05) is 25.4 Å². The van der Waals surface area contributed by atoms with E-state index in [0.29, 0.717) is 5.56 Å². The van der Waals surface area contributed by atoms with E-state index in [9.17, 15) is 14.5 Å². The molecule has 21 heavy (non-hydrogen) atoms. The van der Waals surface area contributed by atoms with Gasteiger partial charge >= 0.3 is 0 Å². The maximum absolute atomic E-state index is 13.8. The van der Waals surface area contributed by atoms with Crippen LogP contribution in [0, 0.1) is 15.9 Å². The van der Waals surface area contributed by atoms with E-state index >= 15 is 0 Å². The number of ether oxygens (including phenoxy) is 1. The molecule has 0 unspecified atom stereocenters. The number of halogens is 2. The Hall–Kier alpha value is -2.28. The third-order valence-electron chi connectivity index (χ3n) is 2.71. The summed E-state index contributed by atoms with van der Waals surface area (Å²) in [4.78, 5) is 17.7. The van der Waals surface area contributed by atoms with Gasteiger partial charge in [0.2, 0.25) is 5.88 Å². The molecule has 0 spiro atoms. The zero-order valence-corrected chi connectivity index (χ0v) is 12.0. The molecule has 1 aromatic carbocycles. The summed E-state index contributed by atoms with van der Waals surface area (Å²) in [5, 5.41) is 10.8. The highest BCUT2D eigenvalue weighted by Gasteiger charge is 2.18. The highest BCUT2D eigenvalue weighted by molar-refractivity contribution is 6.30. The maximum Gasteiger partial charge on any atom is 0.272 e. The molecule has 0 radical (unpaired) electrons. The third kappa shape index (κ3) is 3.25. The molecular weight excluding hydrogens is 301 g/mol. The first-order valence-corrected chi connectivity index (χ1v) is 6.40. The normalized spacial score (nSPS) is 10.7. The van der Waals surface area contributed by atoms with Crippen LogP contribution in [0.25, 0.3) is 0 Å². The molecule has 0 aliphatic rings. The van der Waals surface area contributed by atoms with Crippen LogP contribution in [0.3, 0.4) is 0 Å². The molecule has 0 bridgehead atoms. The van der Waals surface area contributed by atoms with Crippen LogP contribution in [0.1, 0.15) is 25.3 Å². The highest BCUT2D eigenvalue weighted by atomic mass is 35.5. The lowest BCUT2D eigenvalue weighted by atomic mass is 10.1. The Morgan fingerprint density at radius 3 is 2.67 bits per heavy atom. The summed E-state index contributed by atoms with van der Waals surface area (Å²) in [5.41, 5.74) is 0.182. The van der Waals surface area contributed by atoms with Crippen molar-refractivity contribution in [3.8, 4) is 11.6 Å². The van der Waals surface area contributed by atoms with E-state index in [1.165, 1.54) is 12.4 Å². The van der Waals surface area contributed by atoms with Gasteiger partial charge in [0.15, 0.2) is 11.6 Å². The van der Waals surface area contributed by atoms with E-state index < -0.39 is 10.7 Å². The fraction of sp³-hybridized carbons (Fsp3) is 0.231. The summed E-state index contributed by atoms with van der Waals surface area (Å²) in [6.07, 6.45) is 1.20. The zero-order chi connectivity index (χ0) is 15.6. The first-order chi connectivity index (χ1) is 9.90. The molecule has 0 saturated carbocycles. The number of nitro groups is 1. The van der Waals surface area contributed by atoms with Crippen molar-refractivity contribution in [1.29, 1.82) is 0 Å². The van der Waals surface area contributed by atoms with Crippen molar-refractivity contribution in [2.24, 2.45) is 0 Å². The lowest BCUT2D eigenvalue weighted by Gasteiger charge is -2.13. The van der Waals surface area contributed by atoms with E-state index in [1.807, 2.05) is 13.8 Å². The lowest BCUT2D eigenvalue weighted by molar-refractivity contribution is -0.385. The van der Waals surface area contributed by atoms with Crippen LogP contribution < -0.4 is 4.74 Å². The van der Waals surface area contributed by atoms with Crippen molar-refractivity contribution in [3.05, 3.63) is 51.2 Å². The molecule has 6 nitrogen and oxygen atoms in total. The number of hydrogen-bond donors (Lipinski definition) is 0. The van der Waals surface area contributed by atoms with E-state index in [0.717, 1.165) is 12.1 Å². The fourth-order valence-electron chi connectivity index (χ4n) is 1.72. The fourth-order valence-corrected chi connectivity index (χ4v) is 2.06. The maximum atomic E-state index is 13.8. The first-order valence-electron chi connectivity index (χ1n) is 6.02. The molecular formula is C13H11ClFN3O3. The number of nitrogens with zero attached hydrogens (tertiary/aromatic N) is 3. The van der Waals surface area contributed by atoms with Crippen molar-refractivity contribution in [2.45, 2.75) is 19.8 Å². The minimum absolute atomic E-state index is 0.0326. The zero-order valence-electron chi connectivity index (χ0n) is 11.2. The van der Waals surface area contributed by atoms with Gasteiger partial charge in [0.1, 0.15) is 11.5 Å². The van der Waals surface area contributed by atoms with Gasteiger partial charge in [0, 0.05) is 6.07 Å². The third-order valence-corrected chi connectivity index (χ3v) is 3.01. The molecule has 0 aliphatic heterocycles. The Morgan fingerprint density at radius 2 is 2.10 bits per heavy atom. The summed E-state index contributed by atoms with van der Waals surface area (Å²) in [7, 11) is 0. The van der Waals surface area contributed by atoms with Crippen LogP contribution in [0.2, 0.25) is 5.15 Å². The quantitative estimate of drug-likeness (QED) is 0.482. The van der Waals surface area contributed by atoms with Crippen molar-refractivity contribution in [2.75, 3.05) is 0 Å². The van der Waals surface area contributed by atoms with Crippen LogP contribution in [-0.2, 0) is 0 Å². The Balaban J connectivity index is 2.39. The van der Waals surface area contributed by atoms with Gasteiger partial charge in [0.05, 0.1) is 16.6 Å². The molecule has 0 atom stereocenters. The Labute approximate surface area is 124 Å². The molecule has 0 N–H and O–H groups in total. The Kier molecular flexibility index (Phi) is 4.32. The molecule has 2 rings (SSSR count). The average Bonchev–Trinajstić information content (AvgIpc) is 2.40. The lowest BCUT2D eigenvalue weighted by Crippen LogP contribution is -2.01. The number of benzene rings is 1. The van der Waals surface area contributed by atoms with Gasteiger partial charge in [-0.05, 0) is 12.0 Å². The molecule has 110 valence electrons. The summed E-state index contributed by atoms with van der Waals surface area (Å²) in [6, 6.07) is 3.11. The van der Waals surface area contributed by atoms with Gasteiger partial charge in [-0.25, -0.2) is 14.4 Å². The second-order valence-electron chi connectivity index (χ2n) is 4.51. The van der Waals surface area contributed by atoms with Crippen molar-refractivity contribution >= 4 is 17.3 Å². The second-order valence-corrected chi connectivity index (χ2v) is 4.87. The van der Waals surface area contributed by atoms with Crippen LogP contribution in [-0.4, -0.2) is 14.9 Å². The largest absolute Gasteiger partial charge is 0.435 e. The summed E-state index contributed by atoms with van der Waals surface area (Å²) in [5.74, 6) is -0.932. The van der Waals surface area contributed by atoms with Gasteiger partial charge in [-0.15, -0.1) is 0 Å². The van der Waals surface area contributed by atoms with Gasteiger partial charge in [-0.3, -0.25) is 10.1 Å². The summed E-state index contributed by atoms with van der Waals surface area (Å²) >= 11 is 5.98. The van der Waals surface area contributed by atoms with Crippen molar-refractivity contribution in [3.63, 3.8) is 0 Å². The SMILES string of the molecule is CC(C)c1c(Cl)ncnc1Oc1ccc([N+](=O)[O-])cc1F. The molecule has 2 aromatic rings. The minimum atomic E-state index is -0.853. The Morgan fingerprint density at radius 1 is 1.38 bits per heavy atom. The number of non-ortho nitro benzene ring substituents is 1. The first kappa shape index (κ1) is 15.1. The molecule has 8 heteroatoms. The van der Waals surface area contributed by atoms with E-state index in [-0.39, 0.29) is 28.4 Å². The van der Waals surface area contributed by atoms with Crippen molar-refractivity contribution in [1.82, 2.24) is 9.97 Å². The Bertz CT molecular complexity index is 694. The van der Waals surface area contributed by atoms with Crippen LogP contribution in [0.4, 0.5) is 10.1 Å². The standard InChI is InChI=1S/C13H11ClFN3O3/c1-7(2)11-12(14)16-6-17-13(11)21-10-4-3-8(18(19)20)5-9(10)15/h3-7H,1-2H3. The van der Waals surface area contributed by atoms with Crippen LogP contribution in [0.15, 0.2) is 24.5 Å². The van der Waals surface area contributed by atoms with Gasteiger partial charge in [0.25, 0.3) is 5.69 Å². The van der Waals surface area contributed by atoms with Gasteiger partial charge < -0.3 is 4.74 Å². The molecule has 0 fully saturated rings. The topological polar surface area (TPSA) is 78.2 Å². The van der Waals surface area contributed by atoms with Crippen LogP contribution >= 0.6 is 11.6 Å². The minimum Gasteiger partial charge on any atom is -0.435 e. The molecule has 0 saturated heterocycles. The average molecular weight is 312 g/mol. The number of nitro benzene ring substituents is 1. The monoisotopic (exact) mass is 311 g/mol.